The van der Waals surface area contributed by atoms with Gasteiger partial charge in [0.25, 0.3) is 5.56 Å². The van der Waals surface area contributed by atoms with Crippen LogP contribution < -0.4 is 10.9 Å². The van der Waals surface area contributed by atoms with Crippen LogP contribution in [0.2, 0.25) is 5.02 Å². The molecule has 7 heteroatoms. The Bertz CT molecular complexity index is 1370. The maximum Gasteiger partial charge on any atom is 0.338 e. The Labute approximate surface area is 216 Å². The van der Waals surface area contributed by atoms with E-state index in [-0.39, 0.29) is 11.5 Å². The summed E-state index contributed by atoms with van der Waals surface area (Å²) in [5, 5.41) is 4.12. The number of unbranched alkanes of at least 4 members (excludes halogenated alkanes) is 1. The fraction of sp³-hybridized carbons (Fsp3) is 0.241. The number of rotatable bonds is 9. The Morgan fingerprint density at radius 1 is 1.00 bits per heavy atom. The zero-order chi connectivity index (χ0) is 25.7. The average Bonchev–Trinajstić information content (AvgIpc) is 3.11. The highest BCUT2D eigenvalue weighted by Gasteiger charge is 2.25. The Kier molecular flexibility index (Phi) is 7.96. The van der Waals surface area contributed by atoms with E-state index in [0.717, 1.165) is 35.5 Å². The molecule has 0 saturated carbocycles. The molecular formula is C29H30ClN3O3. The second-order valence-electron chi connectivity index (χ2n) is 8.67. The molecule has 0 amide bonds. The SMILES string of the molecule is CCCCOC(=O)c1ccc(N[C@@H](c2ccc(Cl)cc2)c2c(C)n(C)n(-c3ccccc3)c2=O)cc1. The zero-order valence-corrected chi connectivity index (χ0v) is 21.5. The van der Waals surface area contributed by atoms with Crippen molar-refractivity contribution in [3.8, 4) is 5.69 Å². The first-order chi connectivity index (χ1) is 17.4. The Hall–Kier alpha value is -3.77. The number of hydrogen-bond acceptors (Lipinski definition) is 4. The first-order valence-electron chi connectivity index (χ1n) is 12.0. The highest BCUT2D eigenvalue weighted by molar-refractivity contribution is 6.30. The minimum atomic E-state index is -0.437. The topological polar surface area (TPSA) is 65.3 Å². The molecule has 0 aliphatic carbocycles. The third-order valence-corrected chi connectivity index (χ3v) is 6.51. The number of ether oxygens (including phenoxy) is 1. The quantitative estimate of drug-likeness (QED) is 0.215. The molecule has 0 aliphatic heterocycles. The lowest BCUT2D eigenvalue weighted by Crippen LogP contribution is -2.24. The summed E-state index contributed by atoms with van der Waals surface area (Å²) in [6.07, 6.45) is 1.80. The lowest BCUT2D eigenvalue weighted by atomic mass is 9.98. The molecule has 1 N–H and O–H groups in total. The van der Waals surface area contributed by atoms with Crippen molar-refractivity contribution < 1.29 is 9.53 Å². The van der Waals surface area contributed by atoms with Crippen molar-refractivity contribution in [3.05, 3.63) is 117 Å². The summed E-state index contributed by atoms with van der Waals surface area (Å²) in [5.74, 6) is -0.339. The van der Waals surface area contributed by atoms with E-state index in [1.54, 1.807) is 16.8 Å². The number of halogens is 1. The molecule has 0 radical (unpaired) electrons. The van der Waals surface area contributed by atoms with Crippen LogP contribution in [0.1, 0.15) is 53.0 Å². The summed E-state index contributed by atoms with van der Waals surface area (Å²) in [5.41, 5.74) is 4.31. The van der Waals surface area contributed by atoms with Crippen LogP contribution in [-0.2, 0) is 11.8 Å². The van der Waals surface area contributed by atoms with Crippen molar-refractivity contribution in [1.29, 1.82) is 0 Å². The Morgan fingerprint density at radius 3 is 2.31 bits per heavy atom. The number of para-hydroxylation sites is 1. The predicted octanol–water partition coefficient (Wildman–Crippen LogP) is 6.30. The maximum atomic E-state index is 13.8. The highest BCUT2D eigenvalue weighted by Crippen LogP contribution is 2.29. The van der Waals surface area contributed by atoms with E-state index in [9.17, 15) is 9.59 Å². The van der Waals surface area contributed by atoms with E-state index in [1.165, 1.54) is 0 Å². The van der Waals surface area contributed by atoms with Crippen LogP contribution in [0.25, 0.3) is 5.69 Å². The van der Waals surface area contributed by atoms with E-state index in [0.29, 0.717) is 22.8 Å². The van der Waals surface area contributed by atoms with E-state index in [2.05, 4.69) is 12.2 Å². The normalized spacial score (nSPS) is 11.8. The van der Waals surface area contributed by atoms with E-state index in [4.69, 9.17) is 16.3 Å². The van der Waals surface area contributed by atoms with Crippen LogP contribution in [0.5, 0.6) is 0 Å². The molecule has 6 nitrogen and oxygen atoms in total. The summed E-state index contributed by atoms with van der Waals surface area (Å²) in [4.78, 5) is 26.1. The van der Waals surface area contributed by atoms with Crippen molar-refractivity contribution in [2.45, 2.75) is 32.7 Å². The van der Waals surface area contributed by atoms with Gasteiger partial charge in [0, 0.05) is 23.5 Å². The summed E-state index contributed by atoms with van der Waals surface area (Å²) in [6, 6.07) is 23.7. The van der Waals surface area contributed by atoms with Gasteiger partial charge in [0.15, 0.2) is 0 Å². The van der Waals surface area contributed by atoms with Gasteiger partial charge in [-0.2, -0.15) is 0 Å². The molecular weight excluding hydrogens is 474 g/mol. The number of carbonyl (C=O) groups excluding carboxylic acids is 1. The largest absolute Gasteiger partial charge is 0.462 e. The third-order valence-electron chi connectivity index (χ3n) is 6.25. The fourth-order valence-electron chi connectivity index (χ4n) is 4.16. The molecule has 0 saturated heterocycles. The monoisotopic (exact) mass is 503 g/mol. The molecule has 186 valence electrons. The zero-order valence-electron chi connectivity index (χ0n) is 20.7. The summed E-state index contributed by atoms with van der Waals surface area (Å²) in [7, 11) is 1.88. The second-order valence-corrected chi connectivity index (χ2v) is 9.11. The van der Waals surface area contributed by atoms with Crippen molar-refractivity contribution >= 4 is 23.3 Å². The van der Waals surface area contributed by atoms with Gasteiger partial charge in [0.1, 0.15) is 0 Å². The molecule has 1 heterocycles. The van der Waals surface area contributed by atoms with Crippen LogP contribution in [0, 0.1) is 6.92 Å². The number of aromatic nitrogens is 2. The molecule has 0 unspecified atom stereocenters. The van der Waals surface area contributed by atoms with E-state index in [1.807, 2.05) is 85.4 Å². The van der Waals surface area contributed by atoms with Gasteiger partial charge in [0.05, 0.1) is 29.5 Å². The molecule has 0 spiro atoms. The lowest BCUT2D eigenvalue weighted by Gasteiger charge is -2.20. The lowest BCUT2D eigenvalue weighted by molar-refractivity contribution is 0.0500. The fourth-order valence-corrected chi connectivity index (χ4v) is 4.29. The van der Waals surface area contributed by atoms with Crippen LogP contribution in [-0.4, -0.2) is 21.9 Å². The molecule has 0 bridgehead atoms. The number of nitrogens with one attached hydrogen (secondary N) is 1. The Morgan fingerprint density at radius 2 is 1.67 bits per heavy atom. The first-order valence-corrected chi connectivity index (χ1v) is 12.4. The van der Waals surface area contributed by atoms with Gasteiger partial charge in [0.2, 0.25) is 0 Å². The average molecular weight is 504 g/mol. The first kappa shape index (κ1) is 25.3. The number of nitrogens with zero attached hydrogens (tertiary/aromatic N) is 2. The molecule has 3 aromatic carbocycles. The molecule has 0 fully saturated rings. The van der Waals surface area contributed by atoms with Gasteiger partial charge in [-0.25, -0.2) is 9.48 Å². The van der Waals surface area contributed by atoms with Gasteiger partial charge in [-0.15, -0.1) is 0 Å². The van der Waals surface area contributed by atoms with Gasteiger partial charge in [-0.3, -0.25) is 9.48 Å². The number of anilines is 1. The summed E-state index contributed by atoms with van der Waals surface area (Å²) < 4.78 is 8.85. The number of hydrogen-bond donors (Lipinski definition) is 1. The minimum absolute atomic E-state index is 0.107. The molecule has 4 rings (SSSR count). The van der Waals surface area contributed by atoms with E-state index < -0.39 is 6.04 Å². The number of benzene rings is 3. The molecule has 0 aliphatic rings. The standard InChI is InChI=1S/C29H30ClN3O3/c1-4-5-19-36-29(35)22-13-17-24(18-14-22)31-27(21-11-15-23(30)16-12-21)26-20(2)32(3)33(28(26)34)25-9-7-6-8-10-25/h6-18,27,31H,4-5,19H2,1-3H3/t27-/m0/s1. The van der Waals surface area contributed by atoms with E-state index >= 15 is 0 Å². The van der Waals surface area contributed by atoms with Crippen molar-refractivity contribution in [1.82, 2.24) is 9.36 Å². The van der Waals surface area contributed by atoms with Gasteiger partial charge in [-0.05, 0) is 67.4 Å². The summed E-state index contributed by atoms with van der Waals surface area (Å²) in [6.45, 7) is 4.40. The number of carbonyl (C=O) groups is 1. The minimum Gasteiger partial charge on any atom is -0.462 e. The highest BCUT2D eigenvalue weighted by atomic mass is 35.5. The maximum absolute atomic E-state index is 13.8. The number of esters is 1. The molecule has 36 heavy (non-hydrogen) atoms. The third kappa shape index (κ3) is 5.39. The molecule has 1 atom stereocenters. The van der Waals surface area contributed by atoms with Crippen LogP contribution >= 0.6 is 11.6 Å². The van der Waals surface area contributed by atoms with Crippen molar-refractivity contribution in [2.24, 2.45) is 7.05 Å². The van der Waals surface area contributed by atoms with Gasteiger partial charge < -0.3 is 10.1 Å². The van der Waals surface area contributed by atoms with Gasteiger partial charge in [-0.1, -0.05) is 55.3 Å². The molecule has 1 aromatic heterocycles. The van der Waals surface area contributed by atoms with Crippen LogP contribution in [0.15, 0.2) is 83.7 Å². The Balaban J connectivity index is 1.71. The van der Waals surface area contributed by atoms with Crippen molar-refractivity contribution in [3.63, 3.8) is 0 Å². The van der Waals surface area contributed by atoms with Crippen LogP contribution in [0.4, 0.5) is 5.69 Å². The van der Waals surface area contributed by atoms with Crippen molar-refractivity contribution in [2.75, 3.05) is 11.9 Å². The van der Waals surface area contributed by atoms with Gasteiger partial charge >= 0.3 is 5.97 Å². The second kappa shape index (κ2) is 11.3. The molecule has 4 aromatic rings. The predicted molar refractivity (Wildman–Crippen MR) is 144 cm³/mol. The smallest absolute Gasteiger partial charge is 0.338 e. The summed E-state index contributed by atoms with van der Waals surface area (Å²) >= 11 is 6.15. The van der Waals surface area contributed by atoms with Crippen LogP contribution in [0.3, 0.4) is 0 Å².